The molecule has 6 heteroatoms. The summed E-state index contributed by atoms with van der Waals surface area (Å²) >= 11 is 4.43. The number of nitrogens with zero attached hydrogens (tertiary/aromatic N) is 1. The van der Waals surface area contributed by atoms with E-state index in [-0.39, 0.29) is 0 Å². The number of aliphatic carboxylic acids is 1. The smallest absolute Gasteiger partial charge is 0.327 e. The molecule has 1 saturated heterocycles. The molecule has 1 aliphatic heterocycles. The van der Waals surface area contributed by atoms with Crippen molar-refractivity contribution in [2.45, 2.75) is 23.6 Å². The van der Waals surface area contributed by atoms with Gasteiger partial charge in [0.05, 0.1) is 0 Å². The molecule has 0 spiro atoms. The van der Waals surface area contributed by atoms with E-state index in [1.54, 1.807) is 0 Å². The van der Waals surface area contributed by atoms with Crippen LogP contribution < -0.4 is 5.32 Å². The molecule has 0 aromatic carbocycles. The number of piperidine rings is 1. The number of carbonyl (C=O) groups is 2. The van der Waals surface area contributed by atoms with Gasteiger partial charge in [-0.05, 0) is 33.0 Å². The van der Waals surface area contributed by atoms with Crippen molar-refractivity contribution in [2.75, 3.05) is 20.1 Å². The van der Waals surface area contributed by atoms with Crippen molar-refractivity contribution in [3.8, 4) is 0 Å². The van der Waals surface area contributed by atoms with E-state index in [0.717, 1.165) is 13.1 Å². The molecule has 0 aromatic rings. The Morgan fingerprint density at radius 1 is 1.60 bits per heavy atom. The number of carboxylic acid groups (broad SMARTS) is 1. The van der Waals surface area contributed by atoms with E-state index in [1.165, 1.54) is 0 Å². The highest BCUT2D eigenvalue weighted by atomic mass is 32.1. The van der Waals surface area contributed by atoms with E-state index in [0.29, 0.717) is 19.3 Å². The number of nitrogens with one attached hydrogen (secondary N) is 1. The molecule has 1 heterocycles. The molecular formula is C9H16N2O3S. The SMILES string of the molecule is CN1CCC(S)([C@H](NC=O)C(=O)O)CC1. The van der Waals surface area contributed by atoms with Gasteiger partial charge in [0.15, 0.2) is 0 Å². The molecule has 0 saturated carbocycles. The number of hydrogen-bond donors (Lipinski definition) is 3. The lowest BCUT2D eigenvalue weighted by Crippen LogP contribution is -2.56. The Bertz CT molecular complexity index is 252. The minimum atomic E-state index is -1.03. The number of amides is 1. The summed E-state index contributed by atoms with van der Waals surface area (Å²) in [5.74, 6) is -1.03. The van der Waals surface area contributed by atoms with Crippen LogP contribution in [0, 0.1) is 0 Å². The lowest BCUT2D eigenvalue weighted by molar-refractivity contribution is -0.141. The van der Waals surface area contributed by atoms with Crippen LogP contribution in [0.25, 0.3) is 0 Å². The van der Waals surface area contributed by atoms with Gasteiger partial charge in [0, 0.05) is 4.75 Å². The van der Waals surface area contributed by atoms with Crippen molar-refractivity contribution in [1.29, 1.82) is 0 Å². The summed E-state index contributed by atoms with van der Waals surface area (Å²) in [6.07, 6.45) is 1.74. The minimum absolute atomic E-state index is 0.426. The van der Waals surface area contributed by atoms with Gasteiger partial charge in [-0.2, -0.15) is 12.6 Å². The van der Waals surface area contributed by atoms with Crippen molar-refractivity contribution in [3.05, 3.63) is 0 Å². The third kappa shape index (κ3) is 2.85. The zero-order valence-electron chi connectivity index (χ0n) is 8.64. The first-order valence-corrected chi connectivity index (χ1v) is 5.28. The third-order valence-electron chi connectivity index (χ3n) is 2.87. The monoisotopic (exact) mass is 232 g/mol. The average molecular weight is 232 g/mol. The first-order chi connectivity index (χ1) is 6.99. The zero-order valence-corrected chi connectivity index (χ0v) is 9.54. The molecule has 1 aliphatic rings. The second-order valence-electron chi connectivity index (χ2n) is 3.96. The Balaban J connectivity index is 2.72. The van der Waals surface area contributed by atoms with Crippen molar-refractivity contribution in [2.24, 2.45) is 0 Å². The maximum atomic E-state index is 11.0. The van der Waals surface area contributed by atoms with E-state index < -0.39 is 16.8 Å². The molecule has 2 N–H and O–H groups in total. The normalized spacial score (nSPS) is 23.1. The van der Waals surface area contributed by atoms with Crippen LogP contribution in [0.15, 0.2) is 0 Å². The molecule has 0 aliphatic carbocycles. The summed E-state index contributed by atoms with van der Waals surface area (Å²) < 4.78 is -0.640. The Hall–Kier alpha value is -0.750. The van der Waals surface area contributed by atoms with Gasteiger partial charge in [-0.15, -0.1) is 0 Å². The van der Waals surface area contributed by atoms with E-state index in [1.807, 2.05) is 7.05 Å². The van der Waals surface area contributed by atoms with Crippen LogP contribution in [0.2, 0.25) is 0 Å². The molecule has 1 atom stereocenters. The summed E-state index contributed by atoms with van der Waals surface area (Å²) in [7, 11) is 1.98. The topological polar surface area (TPSA) is 69.6 Å². The van der Waals surface area contributed by atoms with Gasteiger partial charge < -0.3 is 15.3 Å². The second-order valence-corrected chi connectivity index (χ2v) is 4.85. The van der Waals surface area contributed by atoms with Gasteiger partial charge in [0.25, 0.3) is 0 Å². The molecule has 0 radical (unpaired) electrons. The number of carbonyl (C=O) groups excluding carboxylic acids is 1. The molecule has 0 aromatic heterocycles. The van der Waals surface area contributed by atoms with Crippen LogP contribution in [0.5, 0.6) is 0 Å². The molecule has 0 unspecified atom stereocenters. The first-order valence-electron chi connectivity index (χ1n) is 4.83. The number of hydrogen-bond acceptors (Lipinski definition) is 4. The number of likely N-dealkylation sites (tertiary alicyclic amines) is 1. The highest BCUT2D eigenvalue weighted by Gasteiger charge is 2.41. The largest absolute Gasteiger partial charge is 0.480 e. The first kappa shape index (κ1) is 12.3. The quantitative estimate of drug-likeness (QED) is 0.455. The molecule has 15 heavy (non-hydrogen) atoms. The highest BCUT2D eigenvalue weighted by molar-refractivity contribution is 7.82. The van der Waals surface area contributed by atoms with Crippen LogP contribution in [-0.2, 0) is 9.59 Å². The maximum Gasteiger partial charge on any atom is 0.327 e. The lowest BCUT2D eigenvalue weighted by Gasteiger charge is -2.40. The van der Waals surface area contributed by atoms with Crippen LogP contribution in [0.3, 0.4) is 0 Å². The fraction of sp³-hybridized carbons (Fsp3) is 0.778. The predicted octanol–water partition coefficient (Wildman–Crippen LogP) is -0.420. The van der Waals surface area contributed by atoms with Gasteiger partial charge in [0.2, 0.25) is 6.41 Å². The predicted molar refractivity (Wildman–Crippen MR) is 59.1 cm³/mol. The lowest BCUT2D eigenvalue weighted by atomic mass is 9.88. The zero-order chi connectivity index (χ0) is 11.5. The van der Waals surface area contributed by atoms with E-state index in [4.69, 9.17) is 5.11 Å². The maximum absolute atomic E-state index is 11.0. The number of carboxylic acids is 1. The van der Waals surface area contributed by atoms with Crippen molar-refractivity contribution >= 4 is 25.0 Å². The molecular weight excluding hydrogens is 216 g/mol. The van der Waals surface area contributed by atoms with E-state index >= 15 is 0 Å². The van der Waals surface area contributed by atoms with Gasteiger partial charge in [-0.1, -0.05) is 0 Å². The van der Waals surface area contributed by atoms with Crippen molar-refractivity contribution < 1.29 is 14.7 Å². The van der Waals surface area contributed by atoms with Crippen molar-refractivity contribution in [3.63, 3.8) is 0 Å². The van der Waals surface area contributed by atoms with Crippen molar-refractivity contribution in [1.82, 2.24) is 10.2 Å². The highest BCUT2D eigenvalue weighted by Crippen LogP contribution is 2.31. The molecule has 1 rings (SSSR count). The van der Waals surface area contributed by atoms with Crippen LogP contribution in [-0.4, -0.2) is 53.3 Å². The summed E-state index contributed by atoms with van der Waals surface area (Å²) in [6, 6.07) is -0.910. The van der Waals surface area contributed by atoms with Crippen LogP contribution in [0.1, 0.15) is 12.8 Å². The number of thiol groups is 1. The fourth-order valence-corrected chi connectivity index (χ4v) is 2.20. The van der Waals surface area contributed by atoms with Gasteiger partial charge in [-0.25, -0.2) is 4.79 Å². The van der Waals surface area contributed by atoms with Gasteiger partial charge >= 0.3 is 5.97 Å². The van der Waals surface area contributed by atoms with Crippen LogP contribution in [0.4, 0.5) is 0 Å². The molecule has 1 amide bonds. The third-order valence-corrected chi connectivity index (χ3v) is 3.58. The molecule has 5 nitrogen and oxygen atoms in total. The molecule has 1 fully saturated rings. The number of rotatable bonds is 4. The Kier molecular flexibility index (Phi) is 3.98. The Morgan fingerprint density at radius 2 is 2.13 bits per heavy atom. The van der Waals surface area contributed by atoms with Gasteiger partial charge in [-0.3, -0.25) is 4.79 Å². The molecule has 86 valence electrons. The summed E-state index contributed by atoms with van der Waals surface area (Å²) in [5.41, 5.74) is 0. The summed E-state index contributed by atoms with van der Waals surface area (Å²) in [5, 5.41) is 11.3. The minimum Gasteiger partial charge on any atom is -0.480 e. The second kappa shape index (κ2) is 4.85. The van der Waals surface area contributed by atoms with E-state index in [9.17, 15) is 9.59 Å². The van der Waals surface area contributed by atoms with Gasteiger partial charge in [0.1, 0.15) is 6.04 Å². The Morgan fingerprint density at radius 3 is 2.53 bits per heavy atom. The summed E-state index contributed by atoms with van der Waals surface area (Å²) in [4.78, 5) is 23.5. The average Bonchev–Trinajstić information content (AvgIpc) is 2.19. The summed E-state index contributed by atoms with van der Waals surface area (Å²) in [6.45, 7) is 1.60. The standard InChI is InChI=1S/C9H16N2O3S/c1-11-4-2-9(15,3-5-11)7(8(13)14)10-6-12/h6-7,15H,2-5H2,1H3,(H,10,12)(H,13,14)/t7-/m1/s1. The van der Waals surface area contributed by atoms with Crippen LogP contribution >= 0.6 is 12.6 Å². The molecule has 0 bridgehead atoms. The Labute approximate surface area is 94.2 Å². The fourth-order valence-electron chi connectivity index (χ4n) is 1.82. The van der Waals surface area contributed by atoms with E-state index in [2.05, 4.69) is 22.8 Å².